The number of fused-ring (bicyclic) bond motifs is 2. The molecule has 0 bridgehead atoms. The van der Waals surface area contributed by atoms with Crippen LogP contribution in [0.2, 0.25) is 0 Å². The van der Waals surface area contributed by atoms with Crippen LogP contribution in [0, 0.1) is 11.3 Å². The van der Waals surface area contributed by atoms with Gasteiger partial charge in [0.05, 0.1) is 18.0 Å². The smallest absolute Gasteiger partial charge is 0.337 e. The number of hydrogen-bond acceptors (Lipinski definition) is 4. The molecule has 6 nitrogen and oxygen atoms in total. The summed E-state index contributed by atoms with van der Waals surface area (Å²) in [5, 5.41) is 0. The molecular formula is C29H32F3N4O2+. The first-order chi connectivity index (χ1) is 18.1. The van der Waals surface area contributed by atoms with E-state index in [1.807, 2.05) is 37.4 Å². The van der Waals surface area contributed by atoms with E-state index in [4.69, 9.17) is 0 Å². The number of likely N-dealkylation sites (tertiary alicyclic amines) is 1. The van der Waals surface area contributed by atoms with Crippen LogP contribution in [0.1, 0.15) is 48.1 Å². The molecule has 2 aromatic rings. The molecule has 2 fully saturated rings. The van der Waals surface area contributed by atoms with Gasteiger partial charge in [-0.2, -0.15) is 13.2 Å². The number of para-hydroxylation sites is 1. The van der Waals surface area contributed by atoms with E-state index < -0.39 is 17.2 Å². The van der Waals surface area contributed by atoms with Crippen LogP contribution in [-0.2, 0) is 28.7 Å². The second kappa shape index (κ2) is 9.02. The van der Waals surface area contributed by atoms with Gasteiger partial charge in [-0.3, -0.25) is 14.7 Å². The highest BCUT2D eigenvalue weighted by Crippen LogP contribution is 2.47. The van der Waals surface area contributed by atoms with Gasteiger partial charge in [-0.1, -0.05) is 25.0 Å². The standard InChI is InChI=1S/C29H32F3N4O2/c1-36(25-5-3-2-4-21(25)8-9-26(36)37)19-34-13-11-28(18-34,15-20-6-7-20)27(38)35-12-10-24-22(17-35)14-23(16-33-24)29(30,31)32/h2-5,8-9,14,16,20H,6-7,10-13,15,17-19H2,1H3/q+1/t28?,36-/m1/s1. The average Bonchev–Trinajstić information content (AvgIpc) is 3.62. The summed E-state index contributed by atoms with van der Waals surface area (Å²) in [6, 6.07) is 9.05. The Kier molecular flexibility index (Phi) is 5.99. The van der Waals surface area contributed by atoms with E-state index in [0.29, 0.717) is 56.3 Å². The Balaban J connectivity index is 1.23. The minimum absolute atomic E-state index is 0.00956. The lowest BCUT2D eigenvalue weighted by Crippen LogP contribution is -2.57. The van der Waals surface area contributed by atoms with Gasteiger partial charge in [0.25, 0.3) is 0 Å². The van der Waals surface area contributed by atoms with E-state index >= 15 is 0 Å². The van der Waals surface area contributed by atoms with Crippen LogP contribution in [0.25, 0.3) is 6.08 Å². The Labute approximate surface area is 220 Å². The third-order valence-electron chi connectivity index (χ3n) is 8.76. The molecule has 1 saturated carbocycles. The number of amides is 2. The quantitative estimate of drug-likeness (QED) is 0.535. The van der Waals surface area contributed by atoms with Gasteiger partial charge in [0.1, 0.15) is 12.4 Å². The van der Waals surface area contributed by atoms with Crippen molar-refractivity contribution in [2.45, 2.75) is 44.8 Å². The van der Waals surface area contributed by atoms with Crippen molar-refractivity contribution in [3.63, 3.8) is 0 Å². The number of quaternary nitrogens is 1. The number of likely N-dealkylation sites (N-methyl/N-ethyl adjacent to an activating group) is 1. The Morgan fingerprint density at radius 2 is 1.97 bits per heavy atom. The van der Waals surface area contributed by atoms with E-state index in [0.717, 1.165) is 42.8 Å². The largest absolute Gasteiger partial charge is 0.417 e. The molecule has 1 aromatic heterocycles. The van der Waals surface area contributed by atoms with Gasteiger partial charge in [0, 0.05) is 62.2 Å². The van der Waals surface area contributed by atoms with Crippen molar-refractivity contribution >= 4 is 23.6 Å². The summed E-state index contributed by atoms with van der Waals surface area (Å²) in [6.07, 6.45) is 4.08. The van der Waals surface area contributed by atoms with E-state index in [-0.39, 0.29) is 22.8 Å². The van der Waals surface area contributed by atoms with Crippen molar-refractivity contribution in [1.29, 1.82) is 0 Å². The predicted octanol–water partition coefficient (Wildman–Crippen LogP) is 4.63. The van der Waals surface area contributed by atoms with E-state index in [9.17, 15) is 22.8 Å². The molecule has 4 heterocycles. The van der Waals surface area contributed by atoms with E-state index in [1.165, 1.54) is 0 Å². The number of halogens is 3. The van der Waals surface area contributed by atoms with Gasteiger partial charge >= 0.3 is 12.1 Å². The molecule has 2 atom stereocenters. The normalized spacial score (nSPS) is 27.4. The van der Waals surface area contributed by atoms with Crippen LogP contribution >= 0.6 is 0 Å². The van der Waals surface area contributed by atoms with Gasteiger partial charge in [0.2, 0.25) is 5.91 Å². The third kappa shape index (κ3) is 4.45. The SMILES string of the molecule is C[N@+]1(CN2CCC(CC3CC3)(C(=O)N3CCc4ncc(C(F)(F)F)cc4C3)C2)C(=O)C=Cc2ccccc21. The number of hydrogen-bond donors (Lipinski definition) is 0. The molecule has 0 radical (unpaired) electrons. The predicted molar refractivity (Wildman–Crippen MR) is 137 cm³/mol. The molecule has 200 valence electrons. The Bertz CT molecular complexity index is 1320. The number of pyridine rings is 1. The molecule has 1 saturated heterocycles. The summed E-state index contributed by atoms with van der Waals surface area (Å²) in [7, 11) is 1.93. The minimum atomic E-state index is -4.47. The summed E-state index contributed by atoms with van der Waals surface area (Å²) in [4.78, 5) is 35.3. The summed E-state index contributed by atoms with van der Waals surface area (Å²) in [5.74, 6) is 0.553. The fourth-order valence-electron chi connectivity index (χ4n) is 6.54. The van der Waals surface area contributed by atoms with E-state index in [1.54, 1.807) is 11.0 Å². The van der Waals surface area contributed by atoms with Gasteiger partial charge in [-0.15, -0.1) is 0 Å². The average molecular weight is 526 g/mol. The summed E-state index contributed by atoms with van der Waals surface area (Å²) < 4.78 is 40.0. The van der Waals surface area contributed by atoms with Crippen LogP contribution in [0.5, 0.6) is 0 Å². The Hall–Kier alpha value is -3.04. The van der Waals surface area contributed by atoms with Crippen molar-refractivity contribution in [3.05, 3.63) is 65.0 Å². The van der Waals surface area contributed by atoms with Crippen LogP contribution < -0.4 is 4.48 Å². The van der Waals surface area contributed by atoms with Crippen LogP contribution in [0.3, 0.4) is 0 Å². The second-order valence-electron chi connectivity index (χ2n) is 11.6. The molecule has 0 N–H and O–H groups in total. The molecule has 1 aliphatic carbocycles. The third-order valence-corrected chi connectivity index (χ3v) is 8.76. The molecule has 1 unspecified atom stereocenters. The Morgan fingerprint density at radius 3 is 2.74 bits per heavy atom. The first-order valence-electron chi connectivity index (χ1n) is 13.3. The zero-order valence-electron chi connectivity index (χ0n) is 21.5. The minimum Gasteiger partial charge on any atom is -0.337 e. The first-order valence-corrected chi connectivity index (χ1v) is 13.3. The zero-order chi connectivity index (χ0) is 26.7. The number of carbonyl (C=O) groups is 2. The van der Waals surface area contributed by atoms with Crippen molar-refractivity contribution in [3.8, 4) is 0 Å². The fraction of sp³-hybridized carbons (Fsp3) is 0.483. The highest BCUT2D eigenvalue weighted by atomic mass is 19.4. The Morgan fingerprint density at radius 1 is 1.18 bits per heavy atom. The van der Waals surface area contributed by atoms with Crippen molar-refractivity contribution in [1.82, 2.24) is 19.3 Å². The number of benzene rings is 1. The topological polar surface area (TPSA) is 53.5 Å². The lowest BCUT2D eigenvalue weighted by atomic mass is 9.79. The van der Waals surface area contributed by atoms with Gasteiger partial charge in [0.15, 0.2) is 0 Å². The molecule has 6 rings (SSSR count). The maximum atomic E-state index is 14.1. The van der Waals surface area contributed by atoms with Crippen molar-refractivity contribution in [2.24, 2.45) is 11.3 Å². The molecule has 9 heteroatoms. The molecule has 4 aliphatic rings. The van der Waals surface area contributed by atoms with Crippen molar-refractivity contribution in [2.75, 3.05) is 33.4 Å². The fourth-order valence-corrected chi connectivity index (χ4v) is 6.54. The highest BCUT2D eigenvalue weighted by Gasteiger charge is 2.51. The zero-order valence-corrected chi connectivity index (χ0v) is 21.5. The van der Waals surface area contributed by atoms with Crippen LogP contribution in [-0.4, -0.2) is 59.9 Å². The molecule has 1 aromatic carbocycles. The van der Waals surface area contributed by atoms with E-state index in [2.05, 4.69) is 9.88 Å². The number of nitrogens with zero attached hydrogens (tertiary/aromatic N) is 4. The first kappa shape index (κ1) is 25.2. The number of aromatic nitrogens is 1. The van der Waals surface area contributed by atoms with Gasteiger partial charge in [-0.25, -0.2) is 9.28 Å². The van der Waals surface area contributed by atoms with Crippen LogP contribution in [0.4, 0.5) is 18.9 Å². The molecular weight excluding hydrogens is 493 g/mol. The highest BCUT2D eigenvalue weighted by molar-refractivity contribution is 6.04. The van der Waals surface area contributed by atoms with Gasteiger partial charge in [-0.05, 0) is 42.5 Å². The van der Waals surface area contributed by atoms with Gasteiger partial charge < -0.3 is 4.90 Å². The maximum Gasteiger partial charge on any atom is 0.417 e. The van der Waals surface area contributed by atoms with Crippen molar-refractivity contribution < 1.29 is 22.8 Å². The number of alkyl halides is 3. The molecule has 3 aliphatic heterocycles. The number of carbonyl (C=O) groups excluding carboxylic acids is 2. The number of rotatable bonds is 5. The monoisotopic (exact) mass is 525 g/mol. The molecule has 0 spiro atoms. The molecule has 2 amide bonds. The maximum absolute atomic E-state index is 14.1. The summed E-state index contributed by atoms with van der Waals surface area (Å²) >= 11 is 0. The second-order valence-corrected chi connectivity index (χ2v) is 11.6. The molecule has 38 heavy (non-hydrogen) atoms. The lowest BCUT2D eigenvalue weighted by molar-refractivity contribution is -0.143. The lowest BCUT2D eigenvalue weighted by Gasteiger charge is -2.39. The van der Waals surface area contributed by atoms with Crippen LogP contribution in [0.15, 0.2) is 42.6 Å². The summed E-state index contributed by atoms with van der Waals surface area (Å²) in [6.45, 7) is 2.35. The summed E-state index contributed by atoms with van der Waals surface area (Å²) in [5.41, 5.74) is 1.74.